The number of nitro groups is 1. The molecule has 3 N–H and O–H groups in total. The van der Waals surface area contributed by atoms with Crippen LogP contribution in [-0.4, -0.2) is 23.6 Å². The number of nitrogens with two attached hydrogens (primary N) is 1. The zero-order valence-corrected chi connectivity index (χ0v) is 11.7. The van der Waals surface area contributed by atoms with Gasteiger partial charge in [0.1, 0.15) is 5.75 Å². The number of nitro benzene ring substituents is 1. The van der Waals surface area contributed by atoms with Crippen molar-refractivity contribution in [2.24, 2.45) is 5.73 Å². The third-order valence-corrected chi connectivity index (χ3v) is 3.58. The molecule has 0 aromatic heterocycles. The number of nitrogens with zero attached hydrogens (tertiary/aromatic N) is 1. The van der Waals surface area contributed by atoms with Gasteiger partial charge < -0.3 is 15.8 Å². The molecule has 1 aliphatic rings. The van der Waals surface area contributed by atoms with Gasteiger partial charge in [0.25, 0.3) is 5.69 Å². The van der Waals surface area contributed by atoms with Crippen molar-refractivity contribution >= 4 is 11.4 Å². The highest BCUT2D eigenvalue weighted by Gasteiger charge is 2.22. The van der Waals surface area contributed by atoms with Crippen molar-refractivity contribution in [2.45, 2.75) is 44.7 Å². The Labute approximate surface area is 118 Å². The van der Waals surface area contributed by atoms with Crippen molar-refractivity contribution in [2.75, 3.05) is 11.9 Å². The summed E-state index contributed by atoms with van der Waals surface area (Å²) in [7, 11) is 0. The average molecular weight is 279 g/mol. The van der Waals surface area contributed by atoms with E-state index in [1.165, 1.54) is 12.1 Å². The molecule has 1 saturated carbocycles. The van der Waals surface area contributed by atoms with Gasteiger partial charge in [0.15, 0.2) is 0 Å². The van der Waals surface area contributed by atoms with E-state index in [2.05, 4.69) is 5.32 Å². The molecule has 6 heteroatoms. The zero-order valence-electron chi connectivity index (χ0n) is 11.7. The average Bonchev–Trinajstić information content (AvgIpc) is 2.41. The van der Waals surface area contributed by atoms with Gasteiger partial charge in [-0.25, -0.2) is 0 Å². The molecule has 110 valence electrons. The van der Waals surface area contributed by atoms with Crippen LogP contribution < -0.4 is 15.8 Å². The molecule has 1 fully saturated rings. The molecule has 2 rings (SSSR count). The van der Waals surface area contributed by atoms with Crippen molar-refractivity contribution in [3.8, 4) is 5.75 Å². The second kappa shape index (κ2) is 6.56. The lowest BCUT2D eigenvalue weighted by Crippen LogP contribution is -2.42. The van der Waals surface area contributed by atoms with E-state index >= 15 is 0 Å². The molecule has 0 saturated heterocycles. The Kier molecular flexibility index (Phi) is 4.79. The molecule has 0 amide bonds. The maximum Gasteiger partial charge on any atom is 0.275 e. The number of hydrogen-bond donors (Lipinski definition) is 2. The van der Waals surface area contributed by atoms with Crippen LogP contribution in [0.15, 0.2) is 18.2 Å². The van der Waals surface area contributed by atoms with Crippen molar-refractivity contribution in [3.05, 3.63) is 28.3 Å². The van der Waals surface area contributed by atoms with Gasteiger partial charge in [0.05, 0.1) is 17.6 Å². The summed E-state index contributed by atoms with van der Waals surface area (Å²) >= 11 is 0. The first kappa shape index (κ1) is 14.6. The molecule has 1 aromatic rings. The van der Waals surface area contributed by atoms with Crippen LogP contribution in [0, 0.1) is 10.1 Å². The summed E-state index contributed by atoms with van der Waals surface area (Å²) in [5.74, 6) is 0.508. The van der Waals surface area contributed by atoms with E-state index in [-0.39, 0.29) is 17.8 Å². The van der Waals surface area contributed by atoms with Crippen molar-refractivity contribution < 1.29 is 9.66 Å². The molecule has 6 nitrogen and oxygen atoms in total. The van der Waals surface area contributed by atoms with Crippen LogP contribution in [0.25, 0.3) is 0 Å². The van der Waals surface area contributed by atoms with Crippen LogP contribution in [0.2, 0.25) is 0 Å². The largest absolute Gasteiger partial charge is 0.494 e. The highest BCUT2D eigenvalue weighted by Crippen LogP contribution is 2.28. The Morgan fingerprint density at radius 2 is 2.15 bits per heavy atom. The molecule has 0 radical (unpaired) electrons. The van der Waals surface area contributed by atoms with Crippen LogP contribution >= 0.6 is 0 Å². The van der Waals surface area contributed by atoms with Gasteiger partial charge in [-0.15, -0.1) is 0 Å². The molecular formula is C14H21N3O3. The molecule has 1 aliphatic carbocycles. The van der Waals surface area contributed by atoms with Gasteiger partial charge in [-0.3, -0.25) is 10.1 Å². The Hall–Kier alpha value is -1.82. The number of anilines is 1. The van der Waals surface area contributed by atoms with E-state index in [1.807, 2.05) is 6.92 Å². The van der Waals surface area contributed by atoms with E-state index < -0.39 is 4.92 Å². The first-order chi connectivity index (χ1) is 9.60. The third-order valence-electron chi connectivity index (χ3n) is 3.58. The summed E-state index contributed by atoms with van der Waals surface area (Å²) in [4.78, 5) is 10.6. The molecule has 0 aliphatic heterocycles. The number of benzene rings is 1. The molecule has 1 aromatic carbocycles. The smallest absolute Gasteiger partial charge is 0.275 e. The molecule has 0 bridgehead atoms. The van der Waals surface area contributed by atoms with E-state index in [4.69, 9.17) is 10.5 Å². The van der Waals surface area contributed by atoms with Crippen molar-refractivity contribution in [3.63, 3.8) is 0 Å². The van der Waals surface area contributed by atoms with E-state index in [9.17, 15) is 10.1 Å². The number of nitrogens with one attached hydrogen (secondary N) is 1. The van der Waals surface area contributed by atoms with Gasteiger partial charge in [-0.1, -0.05) is 12.8 Å². The minimum Gasteiger partial charge on any atom is -0.494 e. The maximum atomic E-state index is 11.0. The van der Waals surface area contributed by atoms with E-state index in [0.717, 1.165) is 25.7 Å². The third kappa shape index (κ3) is 3.60. The van der Waals surface area contributed by atoms with Crippen LogP contribution in [0.3, 0.4) is 0 Å². The standard InChI is InChI=1S/C14H21N3O3/c1-2-20-12-8-10(7-11(9-12)17(18)19)16-14-6-4-3-5-13(14)15/h7-9,13-14,16H,2-6,15H2,1H3. The van der Waals surface area contributed by atoms with Crippen LogP contribution in [0.5, 0.6) is 5.75 Å². The van der Waals surface area contributed by atoms with Gasteiger partial charge in [0, 0.05) is 29.9 Å². The number of non-ortho nitro benzene ring substituents is 1. The van der Waals surface area contributed by atoms with Crippen LogP contribution in [0.4, 0.5) is 11.4 Å². The summed E-state index contributed by atoms with van der Waals surface area (Å²) in [6.07, 6.45) is 4.27. The quantitative estimate of drug-likeness (QED) is 0.638. The summed E-state index contributed by atoms with van der Waals surface area (Å²) < 4.78 is 5.38. The first-order valence-electron chi connectivity index (χ1n) is 7.04. The second-order valence-corrected chi connectivity index (χ2v) is 5.10. The van der Waals surface area contributed by atoms with E-state index in [1.54, 1.807) is 6.07 Å². The van der Waals surface area contributed by atoms with Crippen molar-refractivity contribution in [1.82, 2.24) is 0 Å². The van der Waals surface area contributed by atoms with Gasteiger partial charge >= 0.3 is 0 Å². The lowest BCUT2D eigenvalue weighted by molar-refractivity contribution is -0.384. The summed E-state index contributed by atoms with van der Waals surface area (Å²) in [5.41, 5.74) is 6.82. The second-order valence-electron chi connectivity index (χ2n) is 5.10. The van der Waals surface area contributed by atoms with Crippen LogP contribution in [0.1, 0.15) is 32.6 Å². The Morgan fingerprint density at radius 3 is 2.80 bits per heavy atom. The number of rotatable bonds is 5. The SMILES string of the molecule is CCOc1cc(NC2CCCCC2N)cc([N+](=O)[O-])c1. The fraction of sp³-hybridized carbons (Fsp3) is 0.571. The summed E-state index contributed by atoms with van der Waals surface area (Å²) in [6, 6.07) is 5.02. The van der Waals surface area contributed by atoms with E-state index in [0.29, 0.717) is 18.0 Å². The number of hydrogen-bond acceptors (Lipinski definition) is 5. The predicted molar refractivity (Wildman–Crippen MR) is 78.1 cm³/mol. The molecule has 0 heterocycles. The minimum atomic E-state index is -0.408. The maximum absolute atomic E-state index is 11.0. The summed E-state index contributed by atoms with van der Waals surface area (Å²) in [6.45, 7) is 2.33. The topological polar surface area (TPSA) is 90.4 Å². The fourth-order valence-electron chi connectivity index (χ4n) is 2.57. The zero-order chi connectivity index (χ0) is 14.5. The predicted octanol–water partition coefficient (Wildman–Crippen LogP) is 2.68. The molecule has 2 atom stereocenters. The highest BCUT2D eigenvalue weighted by atomic mass is 16.6. The lowest BCUT2D eigenvalue weighted by atomic mass is 9.91. The molecule has 0 spiro atoms. The highest BCUT2D eigenvalue weighted by molar-refractivity contribution is 5.57. The first-order valence-corrected chi connectivity index (χ1v) is 7.04. The Morgan fingerprint density at radius 1 is 1.40 bits per heavy atom. The van der Waals surface area contributed by atoms with Gasteiger partial charge in [0.2, 0.25) is 0 Å². The van der Waals surface area contributed by atoms with Crippen LogP contribution in [-0.2, 0) is 0 Å². The monoisotopic (exact) mass is 279 g/mol. The van der Waals surface area contributed by atoms with Gasteiger partial charge in [-0.05, 0) is 19.8 Å². The van der Waals surface area contributed by atoms with Crippen molar-refractivity contribution in [1.29, 1.82) is 0 Å². The molecular weight excluding hydrogens is 258 g/mol. The minimum absolute atomic E-state index is 0.0304. The molecule has 20 heavy (non-hydrogen) atoms. The van der Waals surface area contributed by atoms with Gasteiger partial charge in [-0.2, -0.15) is 0 Å². The fourth-order valence-corrected chi connectivity index (χ4v) is 2.57. The Balaban J connectivity index is 2.18. The Bertz CT molecular complexity index is 479. The summed E-state index contributed by atoms with van der Waals surface area (Å²) in [5, 5.41) is 14.3. The number of ether oxygens (including phenoxy) is 1. The normalized spacial score (nSPS) is 22.3. The molecule has 2 unspecified atom stereocenters. The lowest BCUT2D eigenvalue weighted by Gasteiger charge is -2.30.